The minimum atomic E-state index is -1.23. The number of aromatic nitrogens is 1. The summed E-state index contributed by atoms with van der Waals surface area (Å²) in [6, 6.07) is 6.74. The van der Waals surface area contributed by atoms with Crippen LogP contribution in [0.15, 0.2) is 34.7 Å². The molecule has 24 heavy (non-hydrogen) atoms. The minimum absolute atomic E-state index is 0.143. The van der Waals surface area contributed by atoms with Crippen LogP contribution < -0.4 is 16.0 Å². The number of halogens is 2. The number of oxazole rings is 1. The van der Waals surface area contributed by atoms with E-state index in [0.717, 1.165) is 17.6 Å². The first-order chi connectivity index (χ1) is 11.5. The number of nitrogens with zero attached hydrogens (tertiary/aromatic N) is 1. The number of rotatable bonds is 5. The Kier molecular flexibility index (Phi) is 4.11. The Balaban J connectivity index is 1.83. The normalized spacial score (nSPS) is 11.0. The van der Waals surface area contributed by atoms with Crippen LogP contribution >= 0.6 is 0 Å². The average Bonchev–Trinajstić information content (AvgIpc) is 2.95. The van der Waals surface area contributed by atoms with Gasteiger partial charge in [0.2, 0.25) is 5.89 Å². The Morgan fingerprint density at radius 2 is 2.12 bits per heavy atom. The van der Waals surface area contributed by atoms with Gasteiger partial charge in [-0.1, -0.05) is 0 Å². The molecule has 0 bridgehead atoms. The van der Waals surface area contributed by atoms with Gasteiger partial charge in [-0.05, 0) is 18.2 Å². The number of quaternary nitrogens is 1. The molecule has 0 aliphatic carbocycles. The van der Waals surface area contributed by atoms with Crippen LogP contribution in [0.3, 0.4) is 0 Å². The number of primary amides is 1. The number of carbonyl (C=O) groups excluding carboxylic acids is 1. The molecule has 1 heterocycles. The maximum atomic E-state index is 14.0. The van der Waals surface area contributed by atoms with E-state index in [9.17, 15) is 13.6 Å². The van der Waals surface area contributed by atoms with E-state index >= 15 is 0 Å². The van der Waals surface area contributed by atoms with Crippen molar-refractivity contribution >= 4 is 22.7 Å². The molecule has 0 atom stereocenters. The zero-order chi connectivity index (χ0) is 17.3. The molecule has 0 saturated carbocycles. The number of fused-ring (bicyclic) bond motifs is 1. The van der Waals surface area contributed by atoms with E-state index in [0.29, 0.717) is 16.8 Å². The first kappa shape index (κ1) is 15.8. The van der Waals surface area contributed by atoms with E-state index in [-0.39, 0.29) is 18.2 Å². The molecule has 124 valence electrons. The van der Waals surface area contributed by atoms with Gasteiger partial charge in [0.25, 0.3) is 5.91 Å². The van der Waals surface area contributed by atoms with Crippen molar-refractivity contribution in [3.05, 3.63) is 53.4 Å². The summed E-state index contributed by atoms with van der Waals surface area (Å²) in [7, 11) is 0. The van der Waals surface area contributed by atoms with Crippen molar-refractivity contribution < 1.29 is 33.4 Å². The number of hydrogen-bond acceptors (Lipinski definition) is 5. The lowest BCUT2D eigenvalue weighted by atomic mass is 10.1. The van der Waals surface area contributed by atoms with Crippen molar-refractivity contribution in [2.75, 3.05) is 0 Å². The van der Waals surface area contributed by atoms with Crippen LogP contribution in [0, 0.1) is 11.6 Å². The number of nitrogens with two attached hydrogens (primary N) is 2. The monoisotopic (exact) mass is 336 g/mol. The molecular weight excluding hydrogens is 324 g/mol. The molecule has 5 N–H and O–H groups in total. The Bertz CT molecular complexity index is 926. The van der Waals surface area contributed by atoms with Gasteiger partial charge in [0.1, 0.15) is 16.9 Å². The summed E-state index contributed by atoms with van der Waals surface area (Å²) in [4.78, 5) is 15.2. The number of hydrogen-bond donors (Lipinski definition) is 3. The molecule has 0 fully saturated rings. The van der Waals surface area contributed by atoms with Crippen LogP contribution in [0.5, 0.6) is 5.75 Å². The summed E-state index contributed by atoms with van der Waals surface area (Å²) < 4.78 is 38.0. The van der Waals surface area contributed by atoms with Crippen LogP contribution in [-0.4, -0.2) is 16.1 Å². The molecule has 0 aliphatic heterocycles. The molecule has 9 heteroatoms. The Morgan fingerprint density at radius 1 is 1.33 bits per heavy atom. The summed E-state index contributed by atoms with van der Waals surface area (Å²) in [5.74, 6) is -3.69. The predicted molar refractivity (Wildman–Crippen MR) is 76.6 cm³/mol. The third kappa shape index (κ3) is 2.90. The quantitative estimate of drug-likeness (QED) is 0.481. The summed E-state index contributed by atoms with van der Waals surface area (Å²) >= 11 is 0. The zero-order valence-electron chi connectivity index (χ0n) is 12.1. The van der Waals surface area contributed by atoms with Gasteiger partial charge >= 0.3 is 0 Å². The van der Waals surface area contributed by atoms with Crippen molar-refractivity contribution in [1.29, 1.82) is 0 Å². The first-order valence-corrected chi connectivity index (χ1v) is 6.77. The highest BCUT2D eigenvalue weighted by atomic mass is 19.1. The first-order valence-electron chi connectivity index (χ1n) is 6.77. The van der Waals surface area contributed by atoms with Gasteiger partial charge in [-0.2, -0.15) is 5.48 Å². The molecule has 0 saturated heterocycles. The van der Waals surface area contributed by atoms with Crippen molar-refractivity contribution in [2.24, 2.45) is 5.73 Å². The van der Waals surface area contributed by atoms with Crippen molar-refractivity contribution in [3.8, 4) is 5.75 Å². The molecule has 0 radical (unpaired) electrons. The largest absolute Gasteiger partial charge is 0.481 e. The summed E-state index contributed by atoms with van der Waals surface area (Å²) in [6.45, 7) is -0.242. The highest BCUT2D eigenvalue weighted by Gasteiger charge is 2.19. The lowest BCUT2D eigenvalue weighted by Crippen LogP contribution is -2.73. The summed E-state index contributed by atoms with van der Waals surface area (Å²) in [6.07, 6.45) is 0. The van der Waals surface area contributed by atoms with Crippen LogP contribution in [0.1, 0.15) is 16.2 Å². The van der Waals surface area contributed by atoms with Crippen LogP contribution in [0.2, 0.25) is 0 Å². The van der Waals surface area contributed by atoms with E-state index in [2.05, 4.69) is 4.98 Å². The maximum absolute atomic E-state index is 14.0. The van der Waals surface area contributed by atoms with Gasteiger partial charge in [0.15, 0.2) is 29.4 Å². The second-order valence-electron chi connectivity index (χ2n) is 4.85. The number of amides is 1. The molecule has 1 amide bonds. The molecular formula is C15H12F2N3O4+. The van der Waals surface area contributed by atoms with E-state index in [1.807, 2.05) is 0 Å². The number of carbonyl (C=O) groups is 1. The lowest BCUT2D eigenvalue weighted by molar-refractivity contribution is -0.825. The molecule has 3 rings (SSSR count). The van der Waals surface area contributed by atoms with Crippen molar-refractivity contribution in [1.82, 2.24) is 4.98 Å². The fourth-order valence-electron chi connectivity index (χ4n) is 2.14. The van der Waals surface area contributed by atoms with Crippen LogP contribution in [0.4, 0.5) is 14.5 Å². The minimum Gasteiger partial charge on any atom is -0.481 e. The van der Waals surface area contributed by atoms with Crippen molar-refractivity contribution in [3.63, 3.8) is 0 Å². The van der Waals surface area contributed by atoms with Gasteiger partial charge in [-0.3, -0.25) is 4.79 Å². The number of ether oxygens (including phenoxy) is 1. The van der Waals surface area contributed by atoms with E-state index < -0.39 is 23.1 Å². The Labute approximate surface area is 133 Å². The molecule has 0 aliphatic rings. The molecule has 0 unspecified atom stereocenters. The second-order valence-corrected chi connectivity index (χ2v) is 4.85. The second kappa shape index (κ2) is 6.22. The zero-order valence-corrected chi connectivity index (χ0v) is 12.1. The van der Waals surface area contributed by atoms with E-state index in [4.69, 9.17) is 20.1 Å². The van der Waals surface area contributed by atoms with Crippen molar-refractivity contribution in [2.45, 2.75) is 6.61 Å². The standard InChI is InChI=1S/C15H11F2N3O4/c16-8-2-4-11(14(17)13(8)15(18)21)23-6-12-19-9-5-7(20-22)1-3-10(9)24-12/h1-5,20,22H,6H2,(H2,18,21)/p+1. The predicted octanol–water partition coefficient (Wildman–Crippen LogP) is 1.37. The van der Waals surface area contributed by atoms with E-state index in [1.54, 1.807) is 18.2 Å². The topological polar surface area (TPSA) is 115 Å². The summed E-state index contributed by atoms with van der Waals surface area (Å²) in [5, 5.41) is 8.96. The van der Waals surface area contributed by atoms with E-state index in [1.165, 1.54) is 0 Å². The molecule has 1 aromatic heterocycles. The van der Waals surface area contributed by atoms with Gasteiger partial charge in [0.05, 0.1) is 0 Å². The third-order valence-electron chi connectivity index (χ3n) is 3.26. The molecule has 0 spiro atoms. The molecule has 2 aromatic carbocycles. The summed E-state index contributed by atoms with van der Waals surface area (Å²) in [5.41, 5.74) is 6.47. The smallest absolute Gasteiger partial charge is 0.254 e. The third-order valence-corrected chi connectivity index (χ3v) is 3.26. The van der Waals surface area contributed by atoms with Crippen LogP contribution in [-0.2, 0) is 6.61 Å². The Hall–Kier alpha value is -3.04. The fourth-order valence-corrected chi connectivity index (χ4v) is 2.14. The van der Waals surface area contributed by atoms with Gasteiger partial charge in [0, 0.05) is 12.1 Å². The highest BCUT2D eigenvalue weighted by Crippen LogP contribution is 2.24. The maximum Gasteiger partial charge on any atom is 0.254 e. The molecule has 7 nitrogen and oxygen atoms in total. The van der Waals surface area contributed by atoms with Crippen LogP contribution in [0.25, 0.3) is 11.1 Å². The average molecular weight is 336 g/mol. The van der Waals surface area contributed by atoms with Gasteiger partial charge < -0.3 is 14.9 Å². The molecule has 3 aromatic rings. The SMILES string of the molecule is NC(=O)c1c(F)ccc(OCc2nc3cc([NH2+]O)ccc3o2)c1F. The van der Waals surface area contributed by atoms with Gasteiger partial charge in [-0.25, -0.2) is 19.0 Å². The number of benzene rings is 2. The Morgan fingerprint density at radius 3 is 2.83 bits per heavy atom. The van der Waals surface area contributed by atoms with Gasteiger partial charge in [-0.15, -0.1) is 0 Å². The lowest BCUT2D eigenvalue weighted by Gasteiger charge is -2.07. The fraction of sp³-hybridized carbons (Fsp3) is 0.0667. The highest BCUT2D eigenvalue weighted by molar-refractivity contribution is 5.93.